The van der Waals surface area contributed by atoms with E-state index in [1.165, 1.54) is 18.9 Å². The maximum Gasteiger partial charge on any atom is 0.137 e. The molecule has 0 aromatic heterocycles. The molecule has 0 radical (unpaired) electrons. The van der Waals surface area contributed by atoms with Crippen molar-refractivity contribution in [2.24, 2.45) is 5.92 Å². The second-order valence-electron chi connectivity index (χ2n) is 3.90. The van der Waals surface area contributed by atoms with Crippen LogP contribution in [0.2, 0.25) is 0 Å². The smallest absolute Gasteiger partial charge is 0.137 e. The van der Waals surface area contributed by atoms with Gasteiger partial charge in [0.25, 0.3) is 0 Å². The maximum atomic E-state index is 12.9. The summed E-state index contributed by atoms with van der Waals surface area (Å²) >= 11 is 3.17. The predicted octanol–water partition coefficient (Wildman–Crippen LogP) is 3.80. The van der Waals surface area contributed by atoms with E-state index in [1.807, 2.05) is 0 Å². The van der Waals surface area contributed by atoms with E-state index >= 15 is 0 Å². The Morgan fingerprint density at radius 2 is 2.21 bits per heavy atom. The molecule has 0 bridgehead atoms. The minimum atomic E-state index is -0.213. The normalized spacial score (nSPS) is 17.9. The lowest BCUT2D eigenvalue weighted by Crippen LogP contribution is -2.17. The van der Waals surface area contributed by atoms with Gasteiger partial charge >= 0.3 is 0 Å². The number of benzene rings is 1. The molecule has 3 heteroatoms. The van der Waals surface area contributed by atoms with Crippen molar-refractivity contribution in [1.82, 2.24) is 0 Å². The lowest BCUT2D eigenvalue weighted by molar-refractivity contribution is 0.620. The summed E-state index contributed by atoms with van der Waals surface area (Å²) in [6.45, 7) is 2.18. The van der Waals surface area contributed by atoms with E-state index in [0.717, 1.165) is 11.6 Å². The van der Waals surface area contributed by atoms with Crippen molar-refractivity contribution in [2.45, 2.75) is 25.8 Å². The van der Waals surface area contributed by atoms with Crippen LogP contribution in [0.4, 0.5) is 10.1 Å². The molecule has 1 aliphatic carbocycles. The minimum Gasteiger partial charge on any atom is -0.382 e. The first-order chi connectivity index (χ1) is 6.66. The lowest BCUT2D eigenvalue weighted by Gasteiger charge is -2.14. The summed E-state index contributed by atoms with van der Waals surface area (Å²) in [6.07, 6.45) is 2.63. The van der Waals surface area contributed by atoms with Gasteiger partial charge in [-0.3, -0.25) is 0 Å². The van der Waals surface area contributed by atoms with Gasteiger partial charge in [0.2, 0.25) is 0 Å². The van der Waals surface area contributed by atoms with E-state index in [2.05, 4.69) is 28.2 Å². The summed E-state index contributed by atoms with van der Waals surface area (Å²) < 4.78 is 13.5. The van der Waals surface area contributed by atoms with Crippen LogP contribution in [0.5, 0.6) is 0 Å². The highest BCUT2D eigenvalue weighted by atomic mass is 79.9. The molecule has 1 nitrogen and oxygen atoms in total. The first-order valence-corrected chi connectivity index (χ1v) is 5.67. The Morgan fingerprint density at radius 1 is 1.50 bits per heavy atom. The highest BCUT2D eigenvalue weighted by molar-refractivity contribution is 9.10. The average Bonchev–Trinajstić information content (AvgIpc) is 2.94. The second-order valence-corrected chi connectivity index (χ2v) is 4.75. The van der Waals surface area contributed by atoms with Crippen LogP contribution < -0.4 is 5.32 Å². The summed E-state index contributed by atoms with van der Waals surface area (Å²) in [5.74, 6) is 0.591. The quantitative estimate of drug-likeness (QED) is 0.869. The van der Waals surface area contributed by atoms with Crippen molar-refractivity contribution in [3.8, 4) is 0 Å². The van der Waals surface area contributed by atoms with Gasteiger partial charge in [0.1, 0.15) is 5.82 Å². The van der Waals surface area contributed by atoms with Gasteiger partial charge in [-0.1, -0.05) is 0 Å². The van der Waals surface area contributed by atoms with Gasteiger partial charge in [-0.05, 0) is 59.8 Å². The first kappa shape index (κ1) is 9.97. The number of hydrogen-bond acceptors (Lipinski definition) is 1. The van der Waals surface area contributed by atoms with Gasteiger partial charge in [0.05, 0.1) is 4.47 Å². The molecule has 1 aromatic carbocycles. The number of rotatable bonds is 3. The van der Waals surface area contributed by atoms with E-state index in [-0.39, 0.29) is 5.82 Å². The van der Waals surface area contributed by atoms with Crippen LogP contribution in [-0.4, -0.2) is 6.04 Å². The molecule has 0 aliphatic heterocycles. The summed E-state index contributed by atoms with van der Waals surface area (Å²) in [5.41, 5.74) is 0.984. The molecule has 1 fully saturated rings. The fraction of sp³-hybridized carbons (Fsp3) is 0.455. The molecule has 1 saturated carbocycles. The van der Waals surface area contributed by atoms with Crippen LogP contribution in [0, 0.1) is 11.7 Å². The van der Waals surface area contributed by atoms with Crippen LogP contribution >= 0.6 is 15.9 Å². The number of hydrogen-bond donors (Lipinski definition) is 1. The minimum absolute atomic E-state index is 0.213. The molecule has 1 unspecified atom stereocenters. The van der Waals surface area contributed by atoms with Crippen molar-refractivity contribution >= 4 is 21.6 Å². The molecule has 2 rings (SSSR count). The van der Waals surface area contributed by atoms with E-state index in [9.17, 15) is 4.39 Å². The third kappa shape index (κ3) is 2.27. The second kappa shape index (κ2) is 3.89. The Balaban J connectivity index is 2.04. The Labute approximate surface area is 91.8 Å². The molecular formula is C11H13BrFN. The highest BCUT2D eigenvalue weighted by Crippen LogP contribution is 2.34. The van der Waals surface area contributed by atoms with Crippen molar-refractivity contribution in [1.29, 1.82) is 0 Å². The molecular weight excluding hydrogens is 245 g/mol. The molecule has 14 heavy (non-hydrogen) atoms. The van der Waals surface area contributed by atoms with Crippen LogP contribution in [0.3, 0.4) is 0 Å². The molecule has 76 valence electrons. The maximum absolute atomic E-state index is 12.9. The van der Waals surface area contributed by atoms with Gasteiger partial charge < -0.3 is 5.32 Å². The average molecular weight is 258 g/mol. The van der Waals surface area contributed by atoms with E-state index < -0.39 is 0 Å². The number of halogens is 2. The molecule has 1 atom stereocenters. The molecule has 0 amide bonds. The van der Waals surface area contributed by atoms with Crippen LogP contribution in [0.1, 0.15) is 19.8 Å². The molecule has 1 aromatic rings. The monoisotopic (exact) mass is 257 g/mol. The van der Waals surface area contributed by atoms with Crippen LogP contribution in [-0.2, 0) is 0 Å². The lowest BCUT2D eigenvalue weighted by atomic mass is 10.2. The molecule has 0 saturated heterocycles. The number of anilines is 1. The van der Waals surface area contributed by atoms with Crippen molar-refractivity contribution in [3.63, 3.8) is 0 Å². The summed E-state index contributed by atoms with van der Waals surface area (Å²) in [5, 5.41) is 3.38. The zero-order chi connectivity index (χ0) is 10.1. The third-order valence-electron chi connectivity index (χ3n) is 2.64. The molecule has 0 spiro atoms. The van der Waals surface area contributed by atoms with Crippen LogP contribution in [0.15, 0.2) is 22.7 Å². The van der Waals surface area contributed by atoms with E-state index in [0.29, 0.717) is 10.5 Å². The Hall–Kier alpha value is -0.570. The van der Waals surface area contributed by atoms with Gasteiger partial charge in [0.15, 0.2) is 0 Å². The van der Waals surface area contributed by atoms with Crippen molar-refractivity contribution < 1.29 is 4.39 Å². The fourth-order valence-corrected chi connectivity index (χ4v) is 1.94. The zero-order valence-electron chi connectivity index (χ0n) is 8.06. The van der Waals surface area contributed by atoms with Crippen molar-refractivity contribution in [3.05, 3.63) is 28.5 Å². The fourth-order valence-electron chi connectivity index (χ4n) is 1.56. The standard InChI is InChI=1S/C11H13BrFN/c1-7(8-2-3-8)14-9-4-5-11(13)10(12)6-9/h4-8,14H,2-3H2,1H3. The molecule has 0 heterocycles. The SMILES string of the molecule is CC(Nc1ccc(F)c(Br)c1)C1CC1. The third-order valence-corrected chi connectivity index (χ3v) is 3.25. The molecule has 1 N–H and O–H groups in total. The number of nitrogens with one attached hydrogen (secondary N) is 1. The van der Waals surface area contributed by atoms with Gasteiger partial charge in [-0.15, -0.1) is 0 Å². The largest absolute Gasteiger partial charge is 0.382 e. The van der Waals surface area contributed by atoms with Gasteiger partial charge in [-0.25, -0.2) is 4.39 Å². The Kier molecular flexibility index (Phi) is 2.77. The summed E-state index contributed by atoms with van der Waals surface area (Å²) in [7, 11) is 0. The first-order valence-electron chi connectivity index (χ1n) is 4.88. The highest BCUT2D eigenvalue weighted by Gasteiger charge is 2.27. The Bertz CT molecular complexity index is 336. The van der Waals surface area contributed by atoms with Gasteiger partial charge in [0, 0.05) is 11.7 Å². The predicted molar refractivity (Wildman–Crippen MR) is 59.9 cm³/mol. The van der Waals surface area contributed by atoms with Crippen LogP contribution in [0.25, 0.3) is 0 Å². The zero-order valence-corrected chi connectivity index (χ0v) is 9.64. The van der Waals surface area contributed by atoms with Gasteiger partial charge in [-0.2, -0.15) is 0 Å². The summed E-state index contributed by atoms with van der Waals surface area (Å²) in [6, 6.07) is 5.53. The van der Waals surface area contributed by atoms with Crippen molar-refractivity contribution in [2.75, 3.05) is 5.32 Å². The topological polar surface area (TPSA) is 12.0 Å². The van der Waals surface area contributed by atoms with E-state index in [1.54, 1.807) is 12.1 Å². The van der Waals surface area contributed by atoms with E-state index in [4.69, 9.17) is 0 Å². The Morgan fingerprint density at radius 3 is 2.79 bits per heavy atom. The molecule has 1 aliphatic rings. The summed E-state index contributed by atoms with van der Waals surface area (Å²) in [4.78, 5) is 0.